The lowest BCUT2D eigenvalue weighted by molar-refractivity contribution is 0.269. The molecule has 4 heteroatoms. The van der Waals surface area contributed by atoms with Crippen LogP contribution < -0.4 is 5.32 Å². The molecule has 0 radical (unpaired) electrons. The minimum Gasteiger partial charge on any atom is -0.314 e. The third-order valence-electron chi connectivity index (χ3n) is 3.88. The van der Waals surface area contributed by atoms with Crippen molar-refractivity contribution < 1.29 is 0 Å². The highest BCUT2D eigenvalue weighted by Gasteiger charge is 2.33. The van der Waals surface area contributed by atoms with E-state index in [1.165, 1.54) is 18.5 Å². The second-order valence-corrected chi connectivity index (χ2v) is 5.67. The molecule has 0 aliphatic carbocycles. The van der Waals surface area contributed by atoms with Crippen molar-refractivity contribution in [2.24, 2.45) is 5.92 Å². The Hall–Kier alpha value is -0.870. The fraction of sp³-hybridized carbons (Fsp3) is 0.786. The highest BCUT2D eigenvalue weighted by molar-refractivity contribution is 5.14. The fourth-order valence-electron chi connectivity index (χ4n) is 2.86. The smallest absolute Gasteiger partial charge is 0.0537 e. The van der Waals surface area contributed by atoms with E-state index >= 15 is 0 Å². The van der Waals surface area contributed by atoms with E-state index in [0.29, 0.717) is 18.0 Å². The Balaban J connectivity index is 2.07. The molecule has 0 amide bonds. The van der Waals surface area contributed by atoms with Crippen LogP contribution in [0.15, 0.2) is 12.4 Å². The number of hydrogen-bond donors (Lipinski definition) is 1. The summed E-state index contributed by atoms with van der Waals surface area (Å²) >= 11 is 0. The van der Waals surface area contributed by atoms with E-state index in [0.717, 1.165) is 13.1 Å². The topological polar surface area (TPSA) is 33.1 Å². The molecule has 0 spiro atoms. The quantitative estimate of drug-likeness (QED) is 0.866. The molecule has 0 bridgehead atoms. The van der Waals surface area contributed by atoms with Gasteiger partial charge in [-0.1, -0.05) is 13.8 Å². The summed E-state index contributed by atoms with van der Waals surface area (Å²) in [6.45, 7) is 9.79. The minimum absolute atomic E-state index is 0.525. The summed E-state index contributed by atoms with van der Waals surface area (Å²) in [4.78, 5) is 2.46. The maximum atomic E-state index is 4.41. The summed E-state index contributed by atoms with van der Waals surface area (Å²) < 4.78 is 2.02. The van der Waals surface area contributed by atoms with Crippen LogP contribution in [0.5, 0.6) is 0 Å². The maximum Gasteiger partial charge on any atom is 0.0537 e. The second kappa shape index (κ2) is 5.85. The van der Waals surface area contributed by atoms with E-state index in [9.17, 15) is 0 Å². The van der Waals surface area contributed by atoms with Gasteiger partial charge >= 0.3 is 0 Å². The predicted octanol–water partition coefficient (Wildman–Crippen LogP) is 1.89. The zero-order valence-corrected chi connectivity index (χ0v) is 12.1. The standard InChI is InChI=1S/C14H26N4/c1-5-18-10-13(9-16-18)14-12(6-7-17(14)4)8-15-11(2)3/h9-12,14-15H,5-8H2,1-4H3. The van der Waals surface area contributed by atoms with Gasteiger partial charge < -0.3 is 5.32 Å². The number of nitrogens with one attached hydrogen (secondary N) is 1. The van der Waals surface area contributed by atoms with Crippen LogP contribution in [0, 0.1) is 5.92 Å². The van der Waals surface area contributed by atoms with Crippen LogP contribution in [0.3, 0.4) is 0 Å². The van der Waals surface area contributed by atoms with Crippen molar-refractivity contribution >= 4 is 0 Å². The molecule has 2 heterocycles. The number of aryl methyl sites for hydroxylation is 1. The Bertz CT molecular complexity index is 372. The summed E-state index contributed by atoms with van der Waals surface area (Å²) in [5, 5.41) is 7.99. The lowest BCUT2D eigenvalue weighted by atomic mass is 9.95. The first-order chi connectivity index (χ1) is 8.61. The molecular weight excluding hydrogens is 224 g/mol. The Kier molecular flexibility index (Phi) is 4.40. The largest absolute Gasteiger partial charge is 0.314 e. The van der Waals surface area contributed by atoms with Crippen molar-refractivity contribution in [2.75, 3.05) is 20.1 Å². The van der Waals surface area contributed by atoms with Crippen molar-refractivity contribution in [2.45, 2.75) is 45.8 Å². The Labute approximate surface area is 110 Å². The van der Waals surface area contributed by atoms with E-state index in [1.54, 1.807) is 0 Å². The fourth-order valence-corrected chi connectivity index (χ4v) is 2.86. The monoisotopic (exact) mass is 250 g/mol. The SMILES string of the molecule is CCn1cc(C2C(CNC(C)C)CCN2C)cn1. The normalized spacial score (nSPS) is 25.2. The van der Waals surface area contributed by atoms with Crippen LogP contribution in [0.1, 0.15) is 38.8 Å². The zero-order valence-electron chi connectivity index (χ0n) is 12.1. The molecule has 1 fully saturated rings. The summed E-state index contributed by atoms with van der Waals surface area (Å²) in [6, 6.07) is 1.09. The second-order valence-electron chi connectivity index (χ2n) is 5.67. The van der Waals surface area contributed by atoms with Crippen molar-refractivity contribution in [1.82, 2.24) is 20.0 Å². The average Bonchev–Trinajstić information content (AvgIpc) is 2.92. The van der Waals surface area contributed by atoms with E-state index in [1.807, 2.05) is 10.9 Å². The van der Waals surface area contributed by atoms with Gasteiger partial charge in [0.15, 0.2) is 0 Å². The third-order valence-corrected chi connectivity index (χ3v) is 3.88. The Morgan fingerprint density at radius 1 is 1.50 bits per heavy atom. The van der Waals surface area contributed by atoms with E-state index in [-0.39, 0.29) is 0 Å². The molecule has 2 unspecified atom stereocenters. The molecular formula is C14H26N4. The molecule has 18 heavy (non-hydrogen) atoms. The first-order valence-corrected chi connectivity index (χ1v) is 7.07. The van der Waals surface area contributed by atoms with Crippen molar-refractivity contribution in [3.05, 3.63) is 18.0 Å². The van der Waals surface area contributed by atoms with Gasteiger partial charge in [-0.15, -0.1) is 0 Å². The lowest BCUT2D eigenvalue weighted by Gasteiger charge is -2.25. The maximum absolute atomic E-state index is 4.41. The van der Waals surface area contributed by atoms with Gasteiger partial charge in [0.05, 0.1) is 6.20 Å². The van der Waals surface area contributed by atoms with Gasteiger partial charge in [0.1, 0.15) is 0 Å². The molecule has 2 rings (SSSR count). The summed E-state index contributed by atoms with van der Waals surface area (Å²) in [6.07, 6.45) is 5.52. The lowest BCUT2D eigenvalue weighted by Crippen LogP contribution is -2.32. The highest BCUT2D eigenvalue weighted by Crippen LogP contribution is 2.35. The predicted molar refractivity (Wildman–Crippen MR) is 74.5 cm³/mol. The summed E-state index contributed by atoms with van der Waals surface area (Å²) in [7, 11) is 2.23. The average molecular weight is 250 g/mol. The molecule has 0 aromatic carbocycles. The van der Waals surface area contributed by atoms with Crippen LogP contribution in [0.2, 0.25) is 0 Å². The van der Waals surface area contributed by atoms with Crippen molar-refractivity contribution in [3.8, 4) is 0 Å². The van der Waals surface area contributed by atoms with Crippen LogP contribution in [0.25, 0.3) is 0 Å². The Morgan fingerprint density at radius 2 is 2.28 bits per heavy atom. The number of rotatable bonds is 5. The van der Waals surface area contributed by atoms with Gasteiger partial charge in [-0.25, -0.2) is 0 Å². The molecule has 1 aliphatic rings. The molecule has 1 N–H and O–H groups in total. The summed E-state index contributed by atoms with van der Waals surface area (Å²) in [5.41, 5.74) is 1.37. The van der Waals surface area contributed by atoms with Gasteiger partial charge in [0, 0.05) is 36.9 Å². The first kappa shape index (κ1) is 13.6. The highest BCUT2D eigenvalue weighted by atomic mass is 15.3. The van der Waals surface area contributed by atoms with E-state index in [4.69, 9.17) is 0 Å². The van der Waals surface area contributed by atoms with Gasteiger partial charge in [0.25, 0.3) is 0 Å². The van der Waals surface area contributed by atoms with Crippen LogP contribution >= 0.6 is 0 Å². The number of likely N-dealkylation sites (tertiary alicyclic amines) is 1. The van der Waals surface area contributed by atoms with E-state index < -0.39 is 0 Å². The molecule has 0 saturated carbocycles. The number of nitrogens with zero attached hydrogens (tertiary/aromatic N) is 3. The van der Waals surface area contributed by atoms with Gasteiger partial charge in [-0.05, 0) is 32.9 Å². The molecule has 1 aliphatic heterocycles. The van der Waals surface area contributed by atoms with Crippen LogP contribution in [0.4, 0.5) is 0 Å². The third kappa shape index (κ3) is 2.93. The summed E-state index contributed by atoms with van der Waals surface area (Å²) in [5.74, 6) is 0.701. The number of aromatic nitrogens is 2. The van der Waals surface area contributed by atoms with Crippen molar-refractivity contribution in [1.29, 1.82) is 0 Å². The molecule has 1 aromatic rings. The van der Waals surface area contributed by atoms with Crippen LogP contribution in [-0.4, -0.2) is 40.9 Å². The molecule has 102 valence electrons. The van der Waals surface area contributed by atoms with Gasteiger partial charge in [0.2, 0.25) is 0 Å². The van der Waals surface area contributed by atoms with Crippen molar-refractivity contribution in [3.63, 3.8) is 0 Å². The van der Waals surface area contributed by atoms with Crippen LogP contribution in [-0.2, 0) is 6.54 Å². The molecule has 1 saturated heterocycles. The molecule has 1 aromatic heterocycles. The zero-order chi connectivity index (χ0) is 13.1. The Morgan fingerprint density at radius 3 is 2.89 bits per heavy atom. The van der Waals surface area contributed by atoms with Gasteiger partial charge in [-0.3, -0.25) is 9.58 Å². The van der Waals surface area contributed by atoms with E-state index in [2.05, 4.69) is 49.3 Å². The number of hydrogen-bond acceptors (Lipinski definition) is 3. The molecule has 4 nitrogen and oxygen atoms in total. The molecule has 2 atom stereocenters. The van der Waals surface area contributed by atoms with Gasteiger partial charge in [-0.2, -0.15) is 5.10 Å². The minimum atomic E-state index is 0.525. The first-order valence-electron chi connectivity index (χ1n) is 7.07.